The fourth-order valence-electron chi connectivity index (χ4n) is 2.28. The van der Waals surface area contributed by atoms with Crippen LogP contribution in [0.15, 0.2) is 24.3 Å². The lowest BCUT2D eigenvalue weighted by atomic mass is 10.2. The van der Waals surface area contributed by atoms with Gasteiger partial charge in [-0.2, -0.15) is 0 Å². The van der Waals surface area contributed by atoms with Crippen LogP contribution in [-0.2, 0) is 18.4 Å². The summed E-state index contributed by atoms with van der Waals surface area (Å²) in [6.07, 6.45) is 2.44. The van der Waals surface area contributed by atoms with Crippen molar-refractivity contribution in [3.05, 3.63) is 35.7 Å². The van der Waals surface area contributed by atoms with Crippen molar-refractivity contribution in [3.8, 4) is 0 Å². The molecule has 0 saturated heterocycles. The van der Waals surface area contributed by atoms with Gasteiger partial charge in [-0.3, -0.25) is 4.79 Å². The quantitative estimate of drug-likeness (QED) is 0.884. The second-order valence-corrected chi connectivity index (χ2v) is 5.45. The number of hydrogen-bond donors (Lipinski definition) is 2. The number of aromatic nitrogens is 3. The number of carbonyl (C=O) groups is 1. The zero-order chi connectivity index (χ0) is 14.8. The summed E-state index contributed by atoms with van der Waals surface area (Å²) in [5.41, 5.74) is 1.93. The fourth-order valence-corrected chi connectivity index (χ4v) is 2.28. The van der Waals surface area contributed by atoms with Gasteiger partial charge in [0.1, 0.15) is 5.82 Å². The molecule has 1 aliphatic carbocycles. The molecule has 2 aromatic rings. The van der Waals surface area contributed by atoms with Crippen LogP contribution in [0.25, 0.3) is 0 Å². The maximum atomic E-state index is 11.0. The van der Waals surface area contributed by atoms with E-state index >= 15 is 0 Å². The predicted molar refractivity (Wildman–Crippen MR) is 81.1 cm³/mol. The second kappa shape index (κ2) is 5.55. The first-order chi connectivity index (χ1) is 10.1. The van der Waals surface area contributed by atoms with Crippen LogP contribution >= 0.6 is 0 Å². The minimum absolute atomic E-state index is 0.0624. The summed E-state index contributed by atoms with van der Waals surface area (Å²) in [6, 6.07) is 7.75. The van der Waals surface area contributed by atoms with Crippen LogP contribution in [0.5, 0.6) is 0 Å². The van der Waals surface area contributed by atoms with Crippen LogP contribution in [0, 0.1) is 0 Å². The van der Waals surface area contributed by atoms with Crippen LogP contribution in [0.1, 0.15) is 37.1 Å². The zero-order valence-electron chi connectivity index (χ0n) is 12.3. The Balaban J connectivity index is 1.60. The van der Waals surface area contributed by atoms with Crippen LogP contribution in [0.3, 0.4) is 0 Å². The van der Waals surface area contributed by atoms with E-state index in [0.29, 0.717) is 12.5 Å². The summed E-state index contributed by atoms with van der Waals surface area (Å²) in [5.74, 6) is 2.39. The molecule has 110 valence electrons. The SMILES string of the molecule is CC(=O)Nc1ccc(CNc2nnc(C3CC3)n2C)cc1. The van der Waals surface area contributed by atoms with Gasteiger partial charge in [0.15, 0.2) is 0 Å². The molecule has 1 aliphatic rings. The number of nitrogens with zero attached hydrogens (tertiary/aromatic N) is 3. The fraction of sp³-hybridized carbons (Fsp3) is 0.400. The van der Waals surface area contributed by atoms with Gasteiger partial charge in [-0.1, -0.05) is 12.1 Å². The lowest BCUT2D eigenvalue weighted by molar-refractivity contribution is -0.114. The third-order valence-corrected chi connectivity index (χ3v) is 3.58. The van der Waals surface area contributed by atoms with Gasteiger partial charge in [-0.15, -0.1) is 10.2 Å². The number of benzene rings is 1. The van der Waals surface area contributed by atoms with Gasteiger partial charge in [-0.05, 0) is 30.5 Å². The molecule has 0 bridgehead atoms. The summed E-state index contributed by atoms with van der Waals surface area (Å²) in [6.45, 7) is 2.18. The highest BCUT2D eigenvalue weighted by molar-refractivity contribution is 5.88. The molecule has 0 spiro atoms. The Bertz CT molecular complexity index is 643. The minimum atomic E-state index is -0.0624. The summed E-state index contributed by atoms with van der Waals surface area (Å²) >= 11 is 0. The molecule has 1 amide bonds. The number of anilines is 2. The molecule has 6 heteroatoms. The molecule has 1 aromatic carbocycles. The highest BCUT2D eigenvalue weighted by Gasteiger charge is 2.29. The van der Waals surface area contributed by atoms with Crippen molar-refractivity contribution in [1.82, 2.24) is 14.8 Å². The molecule has 1 saturated carbocycles. The van der Waals surface area contributed by atoms with Gasteiger partial charge in [0.05, 0.1) is 0 Å². The number of rotatable bonds is 5. The first kappa shape index (κ1) is 13.6. The first-order valence-electron chi connectivity index (χ1n) is 7.13. The maximum absolute atomic E-state index is 11.0. The monoisotopic (exact) mass is 285 g/mol. The summed E-state index contributed by atoms with van der Waals surface area (Å²) in [7, 11) is 2.00. The number of nitrogens with one attached hydrogen (secondary N) is 2. The molecule has 1 aromatic heterocycles. The highest BCUT2D eigenvalue weighted by Crippen LogP contribution is 2.39. The van der Waals surface area contributed by atoms with Crippen molar-refractivity contribution in [1.29, 1.82) is 0 Å². The molecule has 21 heavy (non-hydrogen) atoms. The topological polar surface area (TPSA) is 71.8 Å². The molecule has 0 atom stereocenters. The van der Waals surface area contributed by atoms with E-state index in [0.717, 1.165) is 23.0 Å². The van der Waals surface area contributed by atoms with Gasteiger partial charge in [0.25, 0.3) is 0 Å². The number of amides is 1. The van der Waals surface area contributed by atoms with Crippen molar-refractivity contribution >= 4 is 17.5 Å². The Labute approximate surface area is 123 Å². The lowest BCUT2D eigenvalue weighted by Gasteiger charge is -2.07. The van der Waals surface area contributed by atoms with Crippen LogP contribution in [0.2, 0.25) is 0 Å². The van der Waals surface area contributed by atoms with Crippen molar-refractivity contribution in [3.63, 3.8) is 0 Å². The van der Waals surface area contributed by atoms with Crippen LogP contribution < -0.4 is 10.6 Å². The van der Waals surface area contributed by atoms with Crippen molar-refractivity contribution < 1.29 is 4.79 Å². The molecule has 0 unspecified atom stereocenters. The average Bonchev–Trinajstić information content (AvgIpc) is 3.22. The maximum Gasteiger partial charge on any atom is 0.224 e. The number of carbonyl (C=O) groups excluding carboxylic acids is 1. The normalized spacial score (nSPS) is 14.0. The van der Waals surface area contributed by atoms with Crippen LogP contribution in [0.4, 0.5) is 11.6 Å². The van der Waals surface area contributed by atoms with Crippen molar-refractivity contribution in [2.24, 2.45) is 7.05 Å². The number of hydrogen-bond acceptors (Lipinski definition) is 4. The predicted octanol–water partition coefficient (Wildman–Crippen LogP) is 2.26. The van der Waals surface area contributed by atoms with Crippen molar-refractivity contribution in [2.45, 2.75) is 32.2 Å². The van der Waals surface area contributed by atoms with E-state index in [1.807, 2.05) is 35.9 Å². The zero-order valence-corrected chi connectivity index (χ0v) is 12.3. The summed E-state index contributed by atoms with van der Waals surface area (Å²) in [5, 5.41) is 14.5. The molecule has 0 radical (unpaired) electrons. The van der Waals surface area contributed by atoms with Gasteiger partial charge < -0.3 is 15.2 Å². The van der Waals surface area contributed by atoms with E-state index in [-0.39, 0.29) is 5.91 Å². The second-order valence-electron chi connectivity index (χ2n) is 5.45. The van der Waals surface area contributed by atoms with E-state index in [9.17, 15) is 4.79 Å². The van der Waals surface area contributed by atoms with E-state index in [1.165, 1.54) is 19.8 Å². The Morgan fingerprint density at radius 1 is 1.29 bits per heavy atom. The molecule has 3 rings (SSSR count). The molecular weight excluding hydrogens is 266 g/mol. The van der Waals surface area contributed by atoms with E-state index in [1.54, 1.807) is 0 Å². The summed E-state index contributed by atoms with van der Waals surface area (Å²) < 4.78 is 2.03. The summed E-state index contributed by atoms with van der Waals surface area (Å²) in [4.78, 5) is 11.0. The van der Waals surface area contributed by atoms with E-state index < -0.39 is 0 Å². The van der Waals surface area contributed by atoms with Gasteiger partial charge in [-0.25, -0.2) is 0 Å². The van der Waals surface area contributed by atoms with Gasteiger partial charge in [0.2, 0.25) is 11.9 Å². The highest BCUT2D eigenvalue weighted by atomic mass is 16.1. The van der Waals surface area contributed by atoms with Crippen molar-refractivity contribution in [2.75, 3.05) is 10.6 Å². The molecule has 1 heterocycles. The Hall–Kier alpha value is -2.37. The Morgan fingerprint density at radius 2 is 2.00 bits per heavy atom. The molecular formula is C15H19N5O. The largest absolute Gasteiger partial charge is 0.350 e. The Morgan fingerprint density at radius 3 is 2.62 bits per heavy atom. The third kappa shape index (κ3) is 3.21. The molecule has 0 aliphatic heterocycles. The average molecular weight is 285 g/mol. The van der Waals surface area contributed by atoms with Crippen LogP contribution in [-0.4, -0.2) is 20.7 Å². The van der Waals surface area contributed by atoms with E-state index in [4.69, 9.17) is 0 Å². The Kier molecular flexibility index (Phi) is 3.60. The third-order valence-electron chi connectivity index (χ3n) is 3.58. The minimum Gasteiger partial charge on any atom is -0.350 e. The molecule has 1 fully saturated rings. The van der Waals surface area contributed by atoms with Gasteiger partial charge in [0, 0.05) is 32.1 Å². The van der Waals surface area contributed by atoms with E-state index in [2.05, 4.69) is 20.8 Å². The first-order valence-corrected chi connectivity index (χ1v) is 7.13. The lowest BCUT2D eigenvalue weighted by Crippen LogP contribution is -2.07. The smallest absolute Gasteiger partial charge is 0.224 e. The molecule has 6 nitrogen and oxygen atoms in total. The standard InChI is InChI=1S/C15H19N5O/c1-10(21)17-13-7-3-11(4-8-13)9-16-15-19-18-14(20(15)2)12-5-6-12/h3-4,7-8,12H,5-6,9H2,1-2H3,(H,16,19)(H,17,21). The van der Waals surface area contributed by atoms with Gasteiger partial charge >= 0.3 is 0 Å². The molecule has 2 N–H and O–H groups in total.